The molecule has 1 N–H and O–H groups in total. The summed E-state index contributed by atoms with van der Waals surface area (Å²) in [6.07, 6.45) is 4.95. The first-order chi connectivity index (χ1) is 12.8. The van der Waals surface area contributed by atoms with Crippen molar-refractivity contribution < 1.29 is 9.59 Å². The van der Waals surface area contributed by atoms with E-state index in [0.717, 1.165) is 37.1 Å². The van der Waals surface area contributed by atoms with Crippen LogP contribution in [-0.4, -0.2) is 29.0 Å². The van der Waals surface area contributed by atoms with Gasteiger partial charge in [0.05, 0.1) is 0 Å². The van der Waals surface area contributed by atoms with Crippen molar-refractivity contribution in [3.05, 3.63) is 35.4 Å². The second-order valence-corrected chi connectivity index (χ2v) is 9.11. The van der Waals surface area contributed by atoms with Gasteiger partial charge in [-0.3, -0.25) is 9.59 Å². The maximum Gasteiger partial charge on any atom is 0.271 e. The lowest BCUT2D eigenvalue weighted by Crippen LogP contribution is -2.34. The number of hydrazone groups is 1. The number of benzene rings is 1. The molecule has 1 aromatic rings. The van der Waals surface area contributed by atoms with E-state index in [-0.39, 0.29) is 22.6 Å². The molecule has 5 nitrogen and oxygen atoms in total. The number of hydrogen-bond acceptors (Lipinski definition) is 3. The van der Waals surface area contributed by atoms with Crippen LogP contribution in [0.3, 0.4) is 0 Å². The molecule has 0 aromatic heterocycles. The number of fused-ring (bicyclic) bond motifs is 2. The van der Waals surface area contributed by atoms with Gasteiger partial charge in [0.15, 0.2) is 0 Å². The van der Waals surface area contributed by atoms with E-state index in [4.69, 9.17) is 0 Å². The third-order valence-electron chi connectivity index (χ3n) is 7.54. The monoisotopic (exact) mass is 367 g/mol. The maximum absolute atomic E-state index is 12.6. The summed E-state index contributed by atoms with van der Waals surface area (Å²) < 4.78 is 0. The zero-order valence-electron chi connectivity index (χ0n) is 16.5. The molecule has 0 radical (unpaired) electrons. The molecule has 144 valence electrons. The fourth-order valence-electron chi connectivity index (χ4n) is 5.18. The van der Waals surface area contributed by atoms with Gasteiger partial charge in [-0.2, -0.15) is 5.10 Å². The second kappa shape index (κ2) is 6.47. The van der Waals surface area contributed by atoms with Crippen LogP contribution in [0.25, 0.3) is 0 Å². The summed E-state index contributed by atoms with van der Waals surface area (Å²) in [4.78, 5) is 26.3. The van der Waals surface area contributed by atoms with Crippen molar-refractivity contribution >= 4 is 17.5 Å². The fourth-order valence-corrected chi connectivity index (χ4v) is 5.18. The minimum absolute atomic E-state index is 0.0862. The van der Waals surface area contributed by atoms with Crippen LogP contribution in [0.1, 0.15) is 68.8 Å². The zero-order valence-corrected chi connectivity index (χ0v) is 16.5. The molecule has 27 heavy (non-hydrogen) atoms. The van der Waals surface area contributed by atoms with Gasteiger partial charge in [0, 0.05) is 36.2 Å². The number of likely N-dealkylation sites (tertiary alicyclic amines) is 1. The van der Waals surface area contributed by atoms with Gasteiger partial charge in [-0.1, -0.05) is 32.9 Å². The molecule has 0 spiro atoms. The van der Waals surface area contributed by atoms with Crippen molar-refractivity contribution in [1.82, 2.24) is 10.3 Å². The van der Waals surface area contributed by atoms with Crippen LogP contribution in [0.15, 0.2) is 29.4 Å². The summed E-state index contributed by atoms with van der Waals surface area (Å²) in [6, 6.07) is 7.51. The molecule has 3 fully saturated rings. The lowest BCUT2D eigenvalue weighted by atomic mass is 9.70. The van der Waals surface area contributed by atoms with Crippen LogP contribution in [-0.2, 0) is 11.3 Å². The molecule has 2 bridgehead atoms. The Balaban J connectivity index is 1.45. The first kappa shape index (κ1) is 18.2. The number of rotatable bonds is 4. The predicted molar refractivity (Wildman–Crippen MR) is 105 cm³/mol. The van der Waals surface area contributed by atoms with E-state index in [9.17, 15) is 9.59 Å². The van der Waals surface area contributed by atoms with Crippen molar-refractivity contribution in [2.75, 3.05) is 6.54 Å². The van der Waals surface area contributed by atoms with Gasteiger partial charge in [-0.15, -0.1) is 0 Å². The molecule has 2 aliphatic carbocycles. The molecular weight excluding hydrogens is 338 g/mol. The highest BCUT2D eigenvalue weighted by molar-refractivity contribution is 5.98. The molecule has 1 heterocycles. The Bertz CT molecular complexity index is 814. The molecule has 5 heteroatoms. The van der Waals surface area contributed by atoms with Gasteiger partial charge in [0.1, 0.15) is 0 Å². The van der Waals surface area contributed by atoms with Gasteiger partial charge in [-0.05, 0) is 54.7 Å². The van der Waals surface area contributed by atoms with E-state index in [1.165, 1.54) is 6.42 Å². The highest BCUT2D eigenvalue weighted by atomic mass is 16.2. The quantitative estimate of drug-likeness (QED) is 0.824. The highest BCUT2D eigenvalue weighted by Crippen LogP contribution is 2.63. The standard InChI is InChI=1S/C22H29N3O2/c1-21(2)17-9-10-22(21,3)18(13-17)23-24-20(27)16-7-4-6-15(12-16)14-25-11-5-8-19(25)26/h4,6-7,12,17H,5,8-11,13-14H2,1-3H3,(H,24,27)/b23-18+/t17-,22-/m1/s1. The van der Waals surface area contributed by atoms with Gasteiger partial charge in [0.25, 0.3) is 5.91 Å². The average molecular weight is 367 g/mol. The number of carbonyl (C=O) groups is 2. The van der Waals surface area contributed by atoms with E-state index < -0.39 is 0 Å². The molecule has 4 rings (SSSR count). The minimum Gasteiger partial charge on any atom is -0.338 e. The second-order valence-electron chi connectivity index (χ2n) is 9.11. The first-order valence-electron chi connectivity index (χ1n) is 10.1. The Labute approximate surface area is 161 Å². The summed E-state index contributed by atoms with van der Waals surface area (Å²) in [7, 11) is 0. The van der Waals surface area contributed by atoms with Gasteiger partial charge in [0.2, 0.25) is 5.91 Å². The van der Waals surface area contributed by atoms with Crippen molar-refractivity contribution in [1.29, 1.82) is 0 Å². The normalized spacial score (nSPS) is 30.3. The van der Waals surface area contributed by atoms with Gasteiger partial charge in [-0.25, -0.2) is 5.43 Å². The van der Waals surface area contributed by atoms with E-state index >= 15 is 0 Å². The van der Waals surface area contributed by atoms with Crippen LogP contribution in [0.5, 0.6) is 0 Å². The maximum atomic E-state index is 12.6. The van der Waals surface area contributed by atoms with Gasteiger partial charge < -0.3 is 4.90 Å². The Morgan fingerprint density at radius 1 is 1.33 bits per heavy atom. The topological polar surface area (TPSA) is 61.8 Å². The highest BCUT2D eigenvalue weighted by Gasteiger charge is 2.60. The van der Waals surface area contributed by atoms with Crippen molar-refractivity contribution in [3.8, 4) is 0 Å². The van der Waals surface area contributed by atoms with Crippen molar-refractivity contribution in [2.45, 2.75) is 59.4 Å². The molecule has 0 unspecified atom stereocenters. The predicted octanol–water partition coefficient (Wildman–Crippen LogP) is 3.74. The molecule has 1 aromatic carbocycles. The SMILES string of the molecule is CC1(C)[C@@H]2CC[C@]1(C)/C(=N/NC(=O)c1cccc(CN3CCCC3=O)c1)C2. The minimum atomic E-state index is -0.179. The zero-order chi connectivity index (χ0) is 19.2. The Morgan fingerprint density at radius 2 is 2.15 bits per heavy atom. The van der Waals surface area contributed by atoms with Crippen LogP contribution in [0.2, 0.25) is 0 Å². The third-order valence-corrected chi connectivity index (χ3v) is 7.54. The van der Waals surface area contributed by atoms with E-state index in [0.29, 0.717) is 24.4 Å². The van der Waals surface area contributed by atoms with E-state index in [1.807, 2.05) is 23.1 Å². The Morgan fingerprint density at radius 3 is 2.78 bits per heavy atom. The average Bonchev–Trinajstić information content (AvgIpc) is 3.20. The largest absolute Gasteiger partial charge is 0.338 e. The van der Waals surface area contributed by atoms with Crippen molar-refractivity contribution in [2.24, 2.45) is 21.8 Å². The lowest BCUT2D eigenvalue weighted by Gasteiger charge is -2.34. The molecule has 2 atom stereocenters. The number of nitrogens with one attached hydrogen (secondary N) is 1. The first-order valence-corrected chi connectivity index (χ1v) is 10.1. The Kier molecular flexibility index (Phi) is 4.36. The molecule has 2 saturated carbocycles. The van der Waals surface area contributed by atoms with Crippen LogP contribution in [0, 0.1) is 16.7 Å². The third kappa shape index (κ3) is 2.97. The summed E-state index contributed by atoms with van der Waals surface area (Å²) in [6.45, 7) is 8.33. The summed E-state index contributed by atoms with van der Waals surface area (Å²) >= 11 is 0. The van der Waals surface area contributed by atoms with Crippen LogP contribution in [0.4, 0.5) is 0 Å². The molecule has 1 saturated heterocycles. The smallest absolute Gasteiger partial charge is 0.271 e. The summed E-state index contributed by atoms with van der Waals surface area (Å²) in [5.74, 6) is 0.684. The van der Waals surface area contributed by atoms with E-state index in [1.54, 1.807) is 6.07 Å². The molecular formula is C22H29N3O2. The summed E-state index contributed by atoms with van der Waals surface area (Å²) in [5.41, 5.74) is 5.84. The number of carbonyl (C=O) groups excluding carboxylic acids is 2. The Hall–Kier alpha value is -2.17. The number of amides is 2. The lowest BCUT2D eigenvalue weighted by molar-refractivity contribution is -0.128. The molecule has 2 amide bonds. The molecule has 3 aliphatic rings. The molecule has 1 aliphatic heterocycles. The fraction of sp³-hybridized carbons (Fsp3) is 0.591. The van der Waals surface area contributed by atoms with Crippen LogP contribution >= 0.6 is 0 Å². The van der Waals surface area contributed by atoms with Gasteiger partial charge >= 0.3 is 0 Å². The van der Waals surface area contributed by atoms with E-state index in [2.05, 4.69) is 31.3 Å². The van der Waals surface area contributed by atoms with Crippen LogP contribution < -0.4 is 5.43 Å². The number of hydrogen-bond donors (Lipinski definition) is 1. The number of nitrogens with zero attached hydrogens (tertiary/aromatic N) is 2. The summed E-state index contributed by atoms with van der Waals surface area (Å²) in [5, 5.41) is 4.55. The van der Waals surface area contributed by atoms with Crippen molar-refractivity contribution in [3.63, 3.8) is 0 Å².